The number of primary amides is 1. The third-order valence-electron chi connectivity index (χ3n) is 2.60. The van der Waals surface area contributed by atoms with Crippen molar-refractivity contribution in [1.29, 1.82) is 5.26 Å². The number of H-pyrrole nitrogens is 1. The maximum Gasteiger partial charge on any atom is 0.259 e. The number of hydrogen-bond acceptors (Lipinski definition) is 4. The fourth-order valence-electron chi connectivity index (χ4n) is 1.75. The summed E-state index contributed by atoms with van der Waals surface area (Å²) in [4.78, 5) is 18.1. The summed E-state index contributed by atoms with van der Waals surface area (Å²) < 4.78 is 0. The number of carbonyl (C=O) groups is 1. The molecule has 0 aromatic carbocycles. The molecule has 6 heteroatoms. The molecular weight excluding hydrogens is 230 g/mol. The van der Waals surface area contributed by atoms with Gasteiger partial charge in [0.05, 0.1) is 0 Å². The van der Waals surface area contributed by atoms with Crippen LogP contribution in [0.3, 0.4) is 0 Å². The lowest BCUT2D eigenvalue weighted by atomic mass is 10.1. The summed E-state index contributed by atoms with van der Waals surface area (Å²) >= 11 is 0. The van der Waals surface area contributed by atoms with Gasteiger partial charge >= 0.3 is 0 Å². The smallest absolute Gasteiger partial charge is 0.259 e. The quantitative estimate of drug-likeness (QED) is 0.532. The molecule has 0 fully saturated rings. The zero-order valence-corrected chi connectivity index (χ0v) is 9.47. The van der Waals surface area contributed by atoms with Crippen molar-refractivity contribution in [3.8, 4) is 6.07 Å². The molecule has 0 saturated heterocycles. The van der Waals surface area contributed by atoms with Crippen molar-refractivity contribution in [2.75, 3.05) is 0 Å². The predicted molar refractivity (Wildman–Crippen MR) is 66.8 cm³/mol. The first-order chi connectivity index (χ1) is 8.67. The van der Waals surface area contributed by atoms with Crippen molar-refractivity contribution in [2.24, 2.45) is 11.5 Å². The third kappa shape index (κ3) is 1.95. The number of rotatable bonds is 3. The minimum Gasteiger partial charge on any atom is -0.365 e. The lowest BCUT2D eigenvalue weighted by Crippen LogP contribution is -2.12. The number of carbonyl (C=O) groups excluding carboxylic acids is 1. The van der Waals surface area contributed by atoms with E-state index in [1.807, 2.05) is 0 Å². The van der Waals surface area contributed by atoms with Crippen LogP contribution in [0.15, 0.2) is 24.0 Å². The number of pyridine rings is 1. The van der Waals surface area contributed by atoms with Gasteiger partial charge in [-0.3, -0.25) is 4.79 Å². The Balaban J connectivity index is 2.66. The second kappa shape index (κ2) is 4.69. The second-order valence-corrected chi connectivity index (χ2v) is 3.68. The van der Waals surface area contributed by atoms with E-state index in [4.69, 9.17) is 16.7 Å². The lowest BCUT2D eigenvalue weighted by Gasteiger charge is -2.00. The summed E-state index contributed by atoms with van der Waals surface area (Å²) in [6, 6.07) is 3.56. The van der Waals surface area contributed by atoms with Gasteiger partial charge in [0.2, 0.25) is 0 Å². The van der Waals surface area contributed by atoms with Crippen molar-refractivity contribution in [3.05, 3.63) is 35.2 Å². The Hall–Kier alpha value is -2.65. The van der Waals surface area contributed by atoms with Crippen LogP contribution in [0.5, 0.6) is 0 Å². The third-order valence-corrected chi connectivity index (χ3v) is 2.60. The van der Waals surface area contributed by atoms with E-state index in [2.05, 4.69) is 9.97 Å². The van der Waals surface area contributed by atoms with Crippen LogP contribution in [0.2, 0.25) is 0 Å². The van der Waals surface area contributed by atoms with Crippen LogP contribution in [-0.2, 0) is 11.3 Å². The highest BCUT2D eigenvalue weighted by atomic mass is 16.1. The Kier molecular flexibility index (Phi) is 3.08. The number of fused-ring (bicyclic) bond motifs is 1. The van der Waals surface area contributed by atoms with E-state index in [9.17, 15) is 4.79 Å². The minimum absolute atomic E-state index is 0.109. The molecule has 2 aromatic rings. The molecule has 6 nitrogen and oxygen atoms in total. The number of amides is 1. The number of nitrogens with two attached hydrogens (primary N) is 2. The molecule has 0 saturated carbocycles. The molecule has 2 aromatic heterocycles. The zero-order valence-electron chi connectivity index (χ0n) is 9.47. The maximum absolute atomic E-state index is 11.0. The van der Waals surface area contributed by atoms with Gasteiger partial charge in [0, 0.05) is 29.9 Å². The van der Waals surface area contributed by atoms with E-state index in [1.165, 1.54) is 6.08 Å². The molecule has 0 aliphatic heterocycles. The average Bonchev–Trinajstić information content (AvgIpc) is 2.78. The average molecular weight is 241 g/mol. The Labute approximate surface area is 103 Å². The van der Waals surface area contributed by atoms with Gasteiger partial charge in [-0.2, -0.15) is 5.26 Å². The maximum atomic E-state index is 11.0. The van der Waals surface area contributed by atoms with Crippen LogP contribution in [0, 0.1) is 11.3 Å². The van der Waals surface area contributed by atoms with E-state index in [1.54, 1.807) is 24.5 Å². The summed E-state index contributed by atoms with van der Waals surface area (Å²) in [5.74, 6) is -0.759. The monoisotopic (exact) mass is 241 g/mol. The van der Waals surface area contributed by atoms with E-state index < -0.39 is 5.91 Å². The fraction of sp³-hybridized carbons (Fsp3) is 0.0833. The Morgan fingerprint density at radius 3 is 3.00 bits per heavy atom. The van der Waals surface area contributed by atoms with Crippen molar-refractivity contribution in [2.45, 2.75) is 6.54 Å². The summed E-state index contributed by atoms with van der Waals surface area (Å²) in [6.45, 7) is 0.343. The van der Waals surface area contributed by atoms with Gasteiger partial charge in [-0.25, -0.2) is 4.98 Å². The standard InChI is InChI=1S/C12H11N5O/c13-4-7-1-2-16-12-10(7)9(6-17-12)3-8(5-14)11(15)18/h1-3,6H,4,13H2,(H2,15,18)(H,16,17)/b8-3-. The number of nitriles is 1. The van der Waals surface area contributed by atoms with Gasteiger partial charge in [-0.1, -0.05) is 0 Å². The summed E-state index contributed by atoms with van der Waals surface area (Å²) in [7, 11) is 0. The first kappa shape index (κ1) is 11.8. The number of nitrogens with zero attached hydrogens (tertiary/aromatic N) is 2. The van der Waals surface area contributed by atoms with E-state index in [0.29, 0.717) is 17.8 Å². The first-order valence-corrected chi connectivity index (χ1v) is 5.24. The van der Waals surface area contributed by atoms with Crippen molar-refractivity contribution in [3.63, 3.8) is 0 Å². The van der Waals surface area contributed by atoms with E-state index in [0.717, 1.165) is 10.9 Å². The lowest BCUT2D eigenvalue weighted by molar-refractivity contribution is -0.114. The molecule has 0 unspecified atom stereocenters. The van der Waals surface area contributed by atoms with Crippen LogP contribution in [-0.4, -0.2) is 15.9 Å². The second-order valence-electron chi connectivity index (χ2n) is 3.68. The van der Waals surface area contributed by atoms with Crippen molar-refractivity contribution in [1.82, 2.24) is 9.97 Å². The van der Waals surface area contributed by atoms with Gasteiger partial charge in [0.1, 0.15) is 17.3 Å². The van der Waals surface area contributed by atoms with Crippen LogP contribution in [0.1, 0.15) is 11.1 Å². The largest absolute Gasteiger partial charge is 0.365 e. The van der Waals surface area contributed by atoms with Gasteiger partial charge in [-0.05, 0) is 17.7 Å². The van der Waals surface area contributed by atoms with E-state index >= 15 is 0 Å². The van der Waals surface area contributed by atoms with Gasteiger partial charge in [-0.15, -0.1) is 0 Å². The highest BCUT2D eigenvalue weighted by Crippen LogP contribution is 2.22. The number of hydrogen-bond donors (Lipinski definition) is 3. The minimum atomic E-state index is -0.759. The number of aromatic nitrogens is 2. The zero-order chi connectivity index (χ0) is 13.1. The van der Waals surface area contributed by atoms with E-state index in [-0.39, 0.29) is 5.57 Å². The molecule has 2 rings (SSSR count). The normalized spacial score (nSPS) is 11.4. The molecule has 1 amide bonds. The molecule has 5 N–H and O–H groups in total. The predicted octanol–water partition coefficient (Wildman–Crippen LogP) is 0.414. The highest BCUT2D eigenvalue weighted by molar-refractivity contribution is 6.03. The molecule has 0 aliphatic rings. The summed E-state index contributed by atoms with van der Waals surface area (Å²) in [5, 5.41) is 9.62. The molecule has 18 heavy (non-hydrogen) atoms. The summed E-state index contributed by atoms with van der Waals surface area (Å²) in [6.07, 6.45) is 4.74. The van der Waals surface area contributed by atoms with Crippen molar-refractivity contribution < 1.29 is 4.79 Å². The Morgan fingerprint density at radius 1 is 1.61 bits per heavy atom. The number of nitrogens with one attached hydrogen (secondary N) is 1. The van der Waals surface area contributed by atoms with Gasteiger partial charge in [0.15, 0.2) is 0 Å². The topological polar surface area (TPSA) is 122 Å². The Morgan fingerprint density at radius 2 is 2.39 bits per heavy atom. The van der Waals surface area contributed by atoms with Crippen LogP contribution < -0.4 is 11.5 Å². The van der Waals surface area contributed by atoms with Gasteiger partial charge < -0.3 is 16.5 Å². The van der Waals surface area contributed by atoms with Crippen LogP contribution in [0.25, 0.3) is 17.1 Å². The van der Waals surface area contributed by atoms with Crippen molar-refractivity contribution >= 4 is 23.0 Å². The van der Waals surface area contributed by atoms with Crippen LogP contribution in [0.4, 0.5) is 0 Å². The number of aromatic amines is 1. The highest BCUT2D eigenvalue weighted by Gasteiger charge is 2.10. The molecule has 2 heterocycles. The molecule has 90 valence electrons. The molecule has 0 radical (unpaired) electrons. The Bertz CT molecular complexity index is 677. The van der Waals surface area contributed by atoms with Crippen LogP contribution >= 0.6 is 0 Å². The SMILES string of the molecule is N#C/C(=C/c1c[nH]c2nccc(CN)c12)C(N)=O. The molecule has 0 aliphatic carbocycles. The molecule has 0 bridgehead atoms. The molecule has 0 atom stereocenters. The fourth-order valence-corrected chi connectivity index (χ4v) is 1.75. The summed E-state index contributed by atoms with van der Waals surface area (Å²) in [5.41, 5.74) is 12.9. The first-order valence-electron chi connectivity index (χ1n) is 5.24. The molecule has 0 spiro atoms. The molecular formula is C12H11N5O. The van der Waals surface area contributed by atoms with Gasteiger partial charge in [0.25, 0.3) is 5.91 Å².